The van der Waals surface area contributed by atoms with E-state index in [0.29, 0.717) is 11.2 Å². The van der Waals surface area contributed by atoms with Crippen LogP contribution in [0.15, 0.2) is 23.1 Å². The zero-order chi connectivity index (χ0) is 21.1. The van der Waals surface area contributed by atoms with Gasteiger partial charge in [0.05, 0.1) is 11.2 Å². The van der Waals surface area contributed by atoms with E-state index in [1.807, 2.05) is 0 Å². The van der Waals surface area contributed by atoms with E-state index in [1.165, 1.54) is 19.5 Å². The van der Waals surface area contributed by atoms with Crippen molar-refractivity contribution in [1.29, 1.82) is 0 Å². The lowest BCUT2D eigenvalue weighted by atomic mass is 9.95. The summed E-state index contributed by atoms with van der Waals surface area (Å²) < 4.78 is 16.3. The monoisotopic (exact) mass is 403 g/mol. The van der Waals surface area contributed by atoms with Crippen molar-refractivity contribution in [2.24, 2.45) is 0 Å². The first-order valence-corrected chi connectivity index (χ1v) is 9.90. The number of carboxylic acid groups (broad SMARTS) is 1. The largest absolute Gasteiger partial charge is 0.477 e. The van der Waals surface area contributed by atoms with Gasteiger partial charge in [0.15, 0.2) is 0 Å². The van der Waals surface area contributed by atoms with Gasteiger partial charge in [-0.05, 0) is 31.9 Å². The predicted molar refractivity (Wildman–Crippen MR) is 109 cm³/mol. The molecule has 29 heavy (non-hydrogen) atoms. The van der Waals surface area contributed by atoms with Crippen molar-refractivity contribution in [3.05, 3.63) is 39.9 Å². The highest BCUT2D eigenvalue weighted by Crippen LogP contribution is 2.26. The van der Waals surface area contributed by atoms with Gasteiger partial charge in [-0.3, -0.25) is 9.59 Å². The van der Waals surface area contributed by atoms with Crippen LogP contribution in [0.2, 0.25) is 0 Å². The number of amides is 1. The van der Waals surface area contributed by atoms with Crippen LogP contribution in [-0.4, -0.2) is 33.6 Å². The highest BCUT2D eigenvalue weighted by molar-refractivity contribution is 5.93. The highest BCUT2D eigenvalue weighted by atomic mass is 19.1. The first kappa shape index (κ1) is 20.8. The number of carbonyl (C=O) groups is 2. The summed E-state index contributed by atoms with van der Waals surface area (Å²) in [5.41, 5.74) is -0.427. The molecule has 0 bridgehead atoms. The molecule has 8 heteroatoms. The number of anilines is 1. The minimum Gasteiger partial charge on any atom is -0.477 e. The average Bonchev–Trinajstić information content (AvgIpc) is 2.65. The molecule has 1 aliphatic carbocycles. The van der Waals surface area contributed by atoms with Crippen molar-refractivity contribution >= 4 is 28.5 Å². The maximum absolute atomic E-state index is 14.7. The smallest absolute Gasteiger partial charge is 0.341 e. The number of benzene rings is 1. The number of pyridine rings is 1. The van der Waals surface area contributed by atoms with Gasteiger partial charge < -0.3 is 20.3 Å². The number of aromatic nitrogens is 1. The summed E-state index contributed by atoms with van der Waals surface area (Å²) in [6.45, 7) is 3.41. The van der Waals surface area contributed by atoms with Crippen molar-refractivity contribution in [1.82, 2.24) is 9.88 Å². The molecule has 1 aliphatic rings. The molecule has 1 unspecified atom stereocenters. The van der Waals surface area contributed by atoms with E-state index in [-0.39, 0.29) is 29.9 Å². The molecule has 1 aromatic carbocycles. The minimum absolute atomic E-state index is 0.00613. The molecule has 0 spiro atoms. The zero-order valence-corrected chi connectivity index (χ0v) is 16.6. The topological polar surface area (TPSA) is 100 Å². The van der Waals surface area contributed by atoms with Crippen molar-refractivity contribution in [2.75, 3.05) is 5.32 Å². The Bertz CT molecular complexity index is 996. The van der Waals surface area contributed by atoms with Crippen molar-refractivity contribution < 1.29 is 19.1 Å². The van der Waals surface area contributed by atoms with E-state index >= 15 is 0 Å². The number of carbonyl (C=O) groups excluding carboxylic acids is 1. The van der Waals surface area contributed by atoms with E-state index < -0.39 is 22.8 Å². The highest BCUT2D eigenvalue weighted by Gasteiger charge is 2.20. The number of nitrogens with zero attached hydrogens (tertiary/aromatic N) is 1. The van der Waals surface area contributed by atoms with Crippen LogP contribution < -0.4 is 16.1 Å². The molecular formula is C21H26FN3O4. The Morgan fingerprint density at radius 3 is 2.59 bits per heavy atom. The molecule has 1 saturated carbocycles. The van der Waals surface area contributed by atoms with Crippen LogP contribution in [0, 0.1) is 5.82 Å². The third-order valence-corrected chi connectivity index (χ3v) is 5.28. The number of aromatic carboxylic acids is 1. The number of hydrogen-bond acceptors (Lipinski definition) is 4. The van der Waals surface area contributed by atoms with Crippen molar-refractivity contribution in [2.45, 2.75) is 64.6 Å². The lowest BCUT2D eigenvalue weighted by molar-refractivity contribution is -0.119. The van der Waals surface area contributed by atoms with E-state index in [9.17, 15) is 23.9 Å². The van der Waals surface area contributed by atoms with Crippen LogP contribution in [0.4, 0.5) is 10.1 Å². The van der Waals surface area contributed by atoms with Crippen LogP contribution in [0.1, 0.15) is 56.3 Å². The summed E-state index contributed by atoms with van der Waals surface area (Å²) in [6.07, 6.45) is 6.54. The van der Waals surface area contributed by atoms with E-state index in [2.05, 4.69) is 10.6 Å². The Labute approximate surface area is 167 Å². The SMILES string of the molecule is CC(=O)NC(C)Cn1cc(C(=O)O)c(=O)c2cc(F)c(NC3CCCCC3)cc21. The summed E-state index contributed by atoms with van der Waals surface area (Å²) in [6, 6.07) is 2.54. The molecule has 0 aliphatic heterocycles. The maximum atomic E-state index is 14.7. The third-order valence-electron chi connectivity index (χ3n) is 5.28. The minimum atomic E-state index is -1.37. The van der Waals surface area contributed by atoms with Gasteiger partial charge in [0.25, 0.3) is 0 Å². The number of hydrogen-bond donors (Lipinski definition) is 3. The van der Waals surface area contributed by atoms with Gasteiger partial charge in [-0.25, -0.2) is 9.18 Å². The molecule has 1 amide bonds. The van der Waals surface area contributed by atoms with Crippen molar-refractivity contribution in [3.8, 4) is 0 Å². The molecule has 0 saturated heterocycles. The van der Waals surface area contributed by atoms with Gasteiger partial charge in [-0.2, -0.15) is 0 Å². The Hall–Kier alpha value is -2.90. The van der Waals surface area contributed by atoms with Gasteiger partial charge in [0.1, 0.15) is 11.4 Å². The van der Waals surface area contributed by atoms with Crippen LogP contribution in [0.25, 0.3) is 10.9 Å². The fourth-order valence-corrected chi connectivity index (χ4v) is 3.98. The maximum Gasteiger partial charge on any atom is 0.341 e. The number of nitrogens with one attached hydrogen (secondary N) is 2. The van der Waals surface area contributed by atoms with Crippen LogP contribution in [0.3, 0.4) is 0 Å². The van der Waals surface area contributed by atoms with Gasteiger partial charge in [0.2, 0.25) is 11.3 Å². The number of fused-ring (bicyclic) bond motifs is 1. The fourth-order valence-electron chi connectivity index (χ4n) is 3.98. The molecule has 7 nitrogen and oxygen atoms in total. The van der Waals surface area contributed by atoms with Crippen LogP contribution in [0.5, 0.6) is 0 Å². The summed E-state index contributed by atoms with van der Waals surface area (Å²) >= 11 is 0. The van der Waals surface area contributed by atoms with Crippen LogP contribution >= 0.6 is 0 Å². The Kier molecular flexibility index (Phi) is 6.20. The Morgan fingerprint density at radius 2 is 1.97 bits per heavy atom. The second kappa shape index (κ2) is 8.63. The summed E-state index contributed by atoms with van der Waals surface area (Å²) in [5.74, 6) is -2.17. The lowest BCUT2D eigenvalue weighted by Crippen LogP contribution is -2.34. The molecule has 0 radical (unpaired) electrons. The van der Waals surface area contributed by atoms with Crippen molar-refractivity contribution in [3.63, 3.8) is 0 Å². The molecule has 1 fully saturated rings. The number of rotatable bonds is 6. The van der Waals surface area contributed by atoms with Gasteiger partial charge in [-0.1, -0.05) is 19.3 Å². The normalized spacial score (nSPS) is 15.8. The molecule has 3 N–H and O–H groups in total. The zero-order valence-electron chi connectivity index (χ0n) is 16.6. The second-order valence-electron chi connectivity index (χ2n) is 7.76. The molecule has 1 aromatic heterocycles. The average molecular weight is 403 g/mol. The summed E-state index contributed by atoms with van der Waals surface area (Å²) in [5, 5.41) is 15.4. The molecule has 1 atom stereocenters. The van der Waals surface area contributed by atoms with Gasteiger partial charge >= 0.3 is 5.97 Å². The second-order valence-corrected chi connectivity index (χ2v) is 7.76. The standard InChI is InChI=1S/C21H26FN3O4/c1-12(23-13(2)26)10-25-11-16(21(28)29)20(27)15-8-17(22)18(9-19(15)25)24-14-6-4-3-5-7-14/h8-9,11-12,14,24H,3-7,10H2,1-2H3,(H,23,26)(H,28,29). The molecule has 2 aromatic rings. The van der Waals surface area contributed by atoms with E-state index in [4.69, 9.17) is 0 Å². The number of carboxylic acids is 1. The van der Waals surface area contributed by atoms with E-state index in [1.54, 1.807) is 17.6 Å². The third kappa shape index (κ3) is 4.75. The molecule has 156 valence electrons. The first-order chi connectivity index (χ1) is 13.8. The Balaban J connectivity index is 2.08. The number of halogens is 1. The Morgan fingerprint density at radius 1 is 1.28 bits per heavy atom. The lowest BCUT2D eigenvalue weighted by Gasteiger charge is -2.25. The molecule has 1 heterocycles. The van der Waals surface area contributed by atoms with Gasteiger partial charge in [-0.15, -0.1) is 0 Å². The predicted octanol–water partition coefficient (Wildman–Crippen LogP) is 3.11. The molecular weight excluding hydrogens is 377 g/mol. The van der Waals surface area contributed by atoms with Crippen LogP contribution in [-0.2, 0) is 11.3 Å². The van der Waals surface area contributed by atoms with E-state index in [0.717, 1.165) is 31.7 Å². The van der Waals surface area contributed by atoms with Gasteiger partial charge in [0, 0.05) is 37.1 Å². The summed E-state index contributed by atoms with van der Waals surface area (Å²) in [7, 11) is 0. The quantitative estimate of drug-likeness (QED) is 0.688. The molecule has 3 rings (SSSR count). The summed E-state index contributed by atoms with van der Waals surface area (Å²) in [4.78, 5) is 35.4. The first-order valence-electron chi connectivity index (χ1n) is 9.90. The fraction of sp³-hybridized carbons (Fsp3) is 0.476.